The summed E-state index contributed by atoms with van der Waals surface area (Å²) in [5, 5.41) is 0. The topological polar surface area (TPSA) is 47.5 Å². The minimum absolute atomic E-state index is 0.144. The lowest BCUT2D eigenvalue weighted by atomic mass is 10.2. The van der Waals surface area contributed by atoms with Crippen molar-refractivity contribution < 1.29 is 9.21 Å². The number of benzene rings is 1. The van der Waals surface area contributed by atoms with E-state index >= 15 is 0 Å². The fourth-order valence-electron chi connectivity index (χ4n) is 2.35. The quantitative estimate of drug-likeness (QED) is 0.727. The van der Waals surface area contributed by atoms with E-state index in [0.29, 0.717) is 24.9 Å². The number of carbonyl (C=O) groups is 1. The van der Waals surface area contributed by atoms with Gasteiger partial charge in [0.05, 0.1) is 6.26 Å². The number of carbonyl (C=O) groups excluding carboxylic acids is 1. The maximum absolute atomic E-state index is 12.1. The number of hydrogen-bond acceptors (Lipinski definition) is 2. The molecule has 0 unspecified atom stereocenters. The molecule has 0 N–H and O–H groups in total. The second kappa shape index (κ2) is 7.40. The van der Waals surface area contributed by atoms with Crippen molar-refractivity contribution in [2.75, 3.05) is 0 Å². The van der Waals surface area contributed by atoms with Gasteiger partial charge < -0.3 is 8.98 Å². The molecule has 3 aromatic rings. The molecule has 0 aliphatic heterocycles. The Bertz CT molecular complexity index is 818. The Morgan fingerprint density at radius 3 is 2.61 bits per heavy atom. The zero-order valence-electron chi connectivity index (χ0n) is 12.8. The minimum Gasteiger partial charge on any atom is -0.469 e. The molecular weight excluding hydrogens is 288 g/mol. The van der Waals surface area contributed by atoms with Gasteiger partial charge in [-0.25, -0.2) is 0 Å². The van der Waals surface area contributed by atoms with E-state index in [9.17, 15) is 4.79 Å². The fourth-order valence-corrected chi connectivity index (χ4v) is 2.35. The van der Waals surface area contributed by atoms with Crippen LogP contribution >= 0.6 is 0 Å². The molecular formula is C19H18N2O2. The second-order valence-corrected chi connectivity index (χ2v) is 5.26. The van der Waals surface area contributed by atoms with Gasteiger partial charge in [-0.2, -0.15) is 4.99 Å². The third kappa shape index (κ3) is 4.30. The van der Waals surface area contributed by atoms with Gasteiger partial charge in [-0.05, 0) is 29.8 Å². The number of rotatable bonds is 5. The summed E-state index contributed by atoms with van der Waals surface area (Å²) in [6.45, 7) is 0.686. The van der Waals surface area contributed by atoms with Crippen molar-refractivity contribution in [1.29, 1.82) is 0 Å². The molecule has 2 heterocycles. The molecule has 0 saturated carbocycles. The molecule has 1 aromatic carbocycles. The number of hydrogen-bond donors (Lipinski definition) is 0. The number of aromatic nitrogens is 1. The molecule has 3 rings (SSSR count). The van der Waals surface area contributed by atoms with E-state index in [2.05, 4.69) is 17.1 Å². The highest BCUT2D eigenvalue weighted by Crippen LogP contribution is 2.04. The Morgan fingerprint density at radius 2 is 1.83 bits per heavy atom. The summed E-state index contributed by atoms with van der Waals surface area (Å²) in [7, 11) is 0. The van der Waals surface area contributed by atoms with Crippen LogP contribution in [0.4, 0.5) is 0 Å². The van der Waals surface area contributed by atoms with Crippen LogP contribution in [0.15, 0.2) is 82.5 Å². The molecule has 0 aliphatic rings. The van der Waals surface area contributed by atoms with Crippen LogP contribution in [0.2, 0.25) is 0 Å². The molecule has 0 bridgehead atoms. The smallest absolute Gasteiger partial charge is 0.248 e. The summed E-state index contributed by atoms with van der Waals surface area (Å²) in [5.41, 5.74) is 1.84. The van der Waals surface area contributed by atoms with Crippen molar-refractivity contribution in [3.63, 3.8) is 0 Å². The van der Waals surface area contributed by atoms with Crippen LogP contribution in [-0.4, -0.2) is 10.5 Å². The third-order valence-corrected chi connectivity index (χ3v) is 3.52. The van der Waals surface area contributed by atoms with Gasteiger partial charge in [0.2, 0.25) is 5.91 Å². The lowest BCUT2D eigenvalue weighted by molar-refractivity contribution is -0.118. The van der Waals surface area contributed by atoms with Gasteiger partial charge in [0, 0.05) is 25.6 Å². The van der Waals surface area contributed by atoms with Crippen LogP contribution in [0, 0.1) is 0 Å². The molecule has 23 heavy (non-hydrogen) atoms. The molecule has 116 valence electrons. The number of nitrogens with zero attached hydrogens (tertiary/aromatic N) is 2. The summed E-state index contributed by atoms with van der Waals surface area (Å²) in [4.78, 5) is 16.3. The highest BCUT2D eigenvalue weighted by Gasteiger charge is 2.03. The molecule has 4 heteroatoms. The summed E-state index contributed by atoms with van der Waals surface area (Å²) >= 11 is 0. The number of amides is 1. The lowest BCUT2D eigenvalue weighted by Gasteiger charge is -2.07. The van der Waals surface area contributed by atoms with E-state index in [1.807, 2.05) is 59.3 Å². The second-order valence-electron chi connectivity index (χ2n) is 5.26. The van der Waals surface area contributed by atoms with Crippen molar-refractivity contribution in [3.05, 3.63) is 89.9 Å². The lowest BCUT2D eigenvalue weighted by Crippen LogP contribution is -2.22. The highest BCUT2D eigenvalue weighted by molar-refractivity contribution is 5.76. The molecule has 2 aromatic heterocycles. The monoisotopic (exact) mass is 306 g/mol. The van der Waals surface area contributed by atoms with Gasteiger partial charge >= 0.3 is 0 Å². The SMILES string of the molecule is O=C(CCc1ccco1)N=c1ccccn1Cc1ccccc1. The standard InChI is InChI=1S/C19H18N2O2/c22-19(12-11-17-9-6-14-23-17)20-18-10-4-5-13-21(18)15-16-7-2-1-3-8-16/h1-10,13-14H,11-12,15H2. The maximum atomic E-state index is 12.1. The van der Waals surface area contributed by atoms with Crippen LogP contribution in [-0.2, 0) is 17.8 Å². The van der Waals surface area contributed by atoms with Crippen molar-refractivity contribution in [2.45, 2.75) is 19.4 Å². The predicted octanol–water partition coefficient (Wildman–Crippen LogP) is 3.19. The van der Waals surface area contributed by atoms with Gasteiger partial charge in [-0.1, -0.05) is 36.4 Å². The Labute approximate surface area is 134 Å². The summed E-state index contributed by atoms with van der Waals surface area (Å²) in [6, 6.07) is 19.5. The molecule has 0 atom stereocenters. The molecule has 0 aliphatic carbocycles. The largest absolute Gasteiger partial charge is 0.469 e. The van der Waals surface area contributed by atoms with Gasteiger partial charge in [0.25, 0.3) is 0 Å². The first-order valence-electron chi connectivity index (χ1n) is 7.60. The normalized spacial score (nSPS) is 11.6. The maximum Gasteiger partial charge on any atom is 0.248 e. The summed E-state index contributed by atoms with van der Waals surface area (Å²) < 4.78 is 7.21. The van der Waals surface area contributed by atoms with Gasteiger partial charge in [-0.3, -0.25) is 4.79 Å². The zero-order valence-corrected chi connectivity index (χ0v) is 12.8. The Kier molecular flexibility index (Phi) is 4.84. The van der Waals surface area contributed by atoms with E-state index in [4.69, 9.17) is 4.42 Å². The molecule has 1 amide bonds. The van der Waals surface area contributed by atoms with Crippen LogP contribution < -0.4 is 5.49 Å². The molecule has 4 nitrogen and oxygen atoms in total. The van der Waals surface area contributed by atoms with Crippen molar-refractivity contribution in [2.24, 2.45) is 4.99 Å². The van der Waals surface area contributed by atoms with E-state index in [0.717, 1.165) is 5.76 Å². The Morgan fingerprint density at radius 1 is 1.00 bits per heavy atom. The van der Waals surface area contributed by atoms with E-state index in [1.165, 1.54) is 5.56 Å². The number of furan rings is 1. The van der Waals surface area contributed by atoms with E-state index in [1.54, 1.807) is 6.26 Å². The van der Waals surface area contributed by atoms with Crippen molar-refractivity contribution in [3.8, 4) is 0 Å². The van der Waals surface area contributed by atoms with Crippen LogP contribution in [0.5, 0.6) is 0 Å². The van der Waals surface area contributed by atoms with Gasteiger partial charge in [-0.15, -0.1) is 0 Å². The predicted molar refractivity (Wildman–Crippen MR) is 87.6 cm³/mol. The average molecular weight is 306 g/mol. The summed E-state index contributed by atoms with van der Waals surface area (Å²) in [6.07, 6.45) is 4.46. The first-order chi connectivity index (χ1) is 11.3. The van der Waals surface area contributed by atoms with Crippen LogP contribution in [0.3, 0.4) is 0 Å². The number of aryl methyl sites for hydroxylation is 1. The van der Waals surface area contributed by atoms with Crippen molar-refractivity contribution >= 4 is 5.91 Å². The van der Waals surface area contributed by atoms with Crippen molar-refractivity contribution in [1.82, 2.24) is 4.57 Å². The first kappa shape index (κ1) is 15.0. The first-order valence-corrected chi connectivity index (χ1v) is 7.60. The van der Waals surface area contributed by atoms with Gasteiger partial charge in [0.1, 0.15) is 11.2 Å². The van der Waals surface area contributed by atoms with Gasteiger partial charge in [0.15, 0.2) is 0 Å². The zero-order chi connectivity index (χ0) is 15.9. The number of pyridine rings is 1. The molecule has 0 saturated heterocycles. The fraction of sp³-hybridized carbons (Fsp3) is 0.158. The van der Waals surface area contributed by atoms with Crippen LogP contribution in [0.1, 0.15) is 17.7 Å². The Hall–Kier alpha value is -2.88. The van der Waals surface area contributed by atoms with E-state index in [-0.39, 0.29) is 5.91 Å². The highest BCUT2D eigenvalue weighted by atomic mass is 16.3. The molecule has 0 radical (unpaired) electrons. The Balaban J connectivity index is 1.75. The molecule has 0 spiro atoms. The van der Waals surface area contributed by atoms with Crippen LogP contribution in [0.25, 0.3) is 0 Å². The van der Waals surface area contributed by atoms with E-state index < -0.39 is 0 Å². The average Bonchev–Trinajstić information content (AvgIpc) is 3.09. The summed E-state index contributed by atoms with van der Waals surface area (Å²) in [5.74, 6) is 0.660. The minimum atomic E-state index is -0.144. The molecule has 0 fully saturated rings. The third-order valence-electron chi connectivity index (χ3n) is 3.52.